The van der Waals surface area contributed by atoms with Gasteiger partial charge in [-0.25, -0.2) is 8.42 Å². The van der Waals surface area contributed by atoms with Crippen molar-refractivity contribution >= 4 is 27.3 Å². The van der Waals surface area contributed by atoms with Gasteiger partial charge in [0.15, 0.2) is 11.5 Å². The standard InChI is InChI=1S/C17H17NO6S2/c19-17(24-13-3-4-14-15(10-13)23-11-22-14)12-5-7-18(8-6-12)26(20,21)16-2-1-9-25-16/h1-4,9-10,12H,5-8,11H2. The molecule has 2 aromatic rings. The van der Waals surface area contributed by atoms with Crippen molar-refractivity contribution in [2.24, 2.45) is 5.92 Å². The predicted octanol–water partition coefficient (Wildman–Crippen LogP) is 2.48. The maximum absolute atomic E-state index is 12.5. The minimum absolute atomic E-state index is 0.157. The molecular formula is C17H17NO6S2. The number of sulfonamides is 1. The molecule has 0 unspecified atom stereocenters. The molecule has 1 fully saturated rings. The average molecular weight is 395 g/mol. The molecule has 138 valence electrons. The lowest BCUT2D eigenvalue weighted by molar-refractivity contribution is -0.140. The molecule has 4 rings (SSSR count). The molecule has 0 atom stereocenters. The van der Waals surface area contributed by atoms with Crippen LogP contribution in [-0.4, -0.2) is 38.6 Å². The molecule has 9 heteroatoms. The van der Waals surface area contributed by atoms with Gasteiger partial charge in [-0.3, -0.25) is 4.79 Å². The Labute approximate surface area is 155 Å². The van der Waals surface area contributed by atoms with Crippen molar-refractivity contribution in [3.8, 4) is 17.2 Å². The van der Waals surface area contributed by atoms with Crippen LogP contribution in [0.25, 0.3) is 0 Å². The van der Waals surface area contributed by atoms with Gasteiger partial charge in [0, 0.05) is 19.2 Å². The van der Waals surface area contributed by atoms with Crippen LogP contribution < -0.4 is 14.2 Å². The quantitative estimate of drug-likeness (QED) is 0.584. The van der Waals surface area contributed by atoms with Crippen molar-refractivity contribution in [3.63, 3.8) is 0 Å². The number of rotatable bonds is 4. The van der Waals surface area contributed by atoms with Gasteiger partial charge < -0.3 is 14.2 Å². The number of piperidine rings is 1. The van der Waals surface area contributed by atoms with Crippen LogP contribution in [0.4, 0.5) is 0 Å². The van der Waals surface area contributed by atoms with Gasteiger partial charge in [-0.15, -0.1) is 11.3 Å². The molecule has 2 aliphatic heterocycles. The normalized spacial score (nSPS) is 18.0. The number of carbonyl (C=O) groups is 1. The van der Waals surface area contributed by atoms with Crippen LogP contribution in [0.1, 0.15) is 12.8 Å². The van der Waals surface area contributed by atoms with Crippen LogP contribution >= 0.6 is 11.3 Å². The first kappa shape index (κ1) is 17.3. The average Bonchev–Trinajstić information content (AvgIpc) is 3.33. The number of hydrogen-bond acceptors (Lipinski definition) is 7. The molecule has 2 aliphatic rings. The monoisotopic (exact) mass is 395 g/mol. The van der Waals surface area contributed by atoms with Crippen LogP contribution in [0, 0.1) is 5.92 Å². The molecule has 0 N–H and O–H groups in total. The molecular weight excluding hydrogens is 378 g/mol. The van der Waals surface area contributed by atoms with E-state index in [2.05, 4.69) is 0 Å². The van der Waals surface area contributed by atoms with Crippen molar-refractivity contribution < 1.29 is 27.4 Å². The molecule has 0 aliphatic carbocycles. The summed E-state index contributed by atoms with van der Waals surface area (Å²) in [5.74, 6) is 0.893. The smallest absolute Gasteiger partial charge is 0.314 e. The van der Waals surface area contributed by atoms with Crippen molar-refractivity contribution in [2.45, 2.75) is 17.1 Å². The summed E-state index contributed by atoms with van der Waals surface area (Å²) in [7, 11) is -3.46. The van der Waals surface area contributed by atoms with Gasteiger partial charge in [0.25, 0.3) is 10.0 Å². The van der Waals surface area contributed by atoms with Crippen molar-refractivity contribution in [3.05, 3.63) is 35.7 Å². The second-order valence-corrected chi connectivity index (χ2v) is 9.16. The molecule has 3 heterocycles. The first-order chi connectivity index (χ1) is 12.5. The minimum Gasteiger partial charge on any atom is -0.454 e. The lowest BCUT2D eigenvalue weighted by Gasteiger charge is -2.29. The van der Waals surface area contributed by atoms with Crippen LogP contribution in [0.3, 0.4) is 0 Å². The fraction of sp³-hybridized carbons (Fsp3) is 0.353. The number of hydrogen-bond donors (Lipinski definition) is 0. The Morgan fingerprint density at radius 1 is 1.15 bits per heavy atom. The highest BCUT2D eigenvalue weighted by molar-refractivity contribution is 7.91. The van der Waals surface area contributed by atoms with Crippen LogP contribution in [0.2, 0.25) is 0 Å². The summed E-state index contributed by atoms with van der Waals surface area (Å²) >= 11 is 1.20. The van der Waals surface area contributed by atoms with Gasteiger partial charge >= 0.3 is 5.97 Å². The van der Waals surface area contributed by atoms with Gasteiger partial charge in [0.2, 0.25) is 6.79 Å². The topological polar surface area (TPSA) is 82.1 Å². The second-order valence-electron chi connectivity index (χ2n) is 6.05. The van der Waals surface area contributed by atoms with E-state index in [-0.39, 0.29) is 18.7 Å². The maximum Gasteiger partial charge on any atom is 0.314 e. The number of carbonyl (C=O) groups excluding carboxylic acids is 1. The third kappa shape index (κ3) is 3.29. The molecule has 1 saturated heterocycles. The first-order valence-corrected chi connectivity index (χ1v) is 10.5. The van der Waals surface area contributed by atoms with Crippen molar-refractivity contribution in [1.82, 2.24) is 4.31 Å². The van der Waals surface area contributed by atoms with Gasteiger partial charge in [0.05, 0.1) is 5.92 Å². The van der Waals surface area contributed by atoms with E-state index in [1.54, 1.807) is 35.7 Å². The molecule has 0 bridgehead atoms. The number of ether oxygens (including phenoxy) is 3. The van der Waals surface area contributed by atoms with Gasteiger partial charge in [-0.05, 0) is 36.4 Å². The molecule has 0 saturated carbocycles. The number of thiophene rings is 1. The highest BCUT2D eigenvalue weighted by Gasteiger charge is 2.33. The zero-order valence-corrected chi connectivity index (χ0v) is 15.4. The first-order valence-electron chi connectivity index (χ1n) is 8.19. The Morgan fingerprint density at radius 2 is 1.92 bits per heavy atom. The zero-order valence-electron chi connectivity index (χ0n) is 13.8. The third-order valence-corrected chi connectivity index (χ3v) is 7.71. The summed E-state index contributed by atoms with van der Waals surface area (Å²) in [5.41, 5.74) is 0. The highest BCUT2D eigenvalue weighted by atomic mass is 32.2. The van der Waals surface area contributed by atoms with Gasteiger partial charge in [-0.1, -0.05) is 6.07 Å². The summed E-state index contributed by atoms with van der Waals surface area (Å²) < 4.78 is 42.7. The molecule has 1 aromatic heterocycles. The van der Waals surface area contributed by atoms with E-state index >= 15 is 0 Å². The summed E-state index contributed by atoms with van der Waals surface area (Å²) in [4.78, 5) is 12.4. The lowest BCUT2D eigenvalue weighted by atomic mass is 9.98. The molecule has 0 amide bonds. The zero-order chi connectivity index (χ0) is 18.1. The maximum atomic E-state index is 12.5. The second kappa shape index (κ2) is 6.90. The van der Waals surface area contributed by atoms with E-state index in [1.807, 2.05) is 0 Å². The van der Waals surface area contributed by atoms with Crippen LogP contribution in [0.5, 0.6) is 17.2 Å². The fourth-order valence-electron chi connectivity index (χ4n) is 3.01. The van der Waals surface area contributed by atoms with E-state index < -0.39 is 10.0 Å². The summed E-state index contributed by atoms with van der Waals surface area (Å²) in [5, 5.41) is 1.74. The van der Waals surface area contributed by atoms with E-state index in [1.165, 1.54) is 15.6 Å². The molecule has 7 nitrogen and oxygen atoms in total. The van der Waals surface area contributed by atoms with Gasteiger partial charge in [0.1, 0.15) is 9.96 Å². The van der Waals surface area contributed by atoms with E-state index in [0.29, 0.717) is 47.4 Å². The molecule has 0 radical (unpaired) electrons. The largest absolute Gasteiger partial charge is 0.454 e. The molecule has 26 heavy (non-hydrogen) atoms. The highest BCUT2D eigenvalue weighted by Crippen LogP contribution is 2.35. The summed E-state index contributed by atoms with van der Waals surface area (Å²) in [6.45, 7) is 0.770. The Kier molecular flexibility index (Phi) is 4.60. The van der Waals surface area contributed by atoms with Gasteiger partial charge in [-0.2, -0.15) is 4.31 Å². The minimum atomic E-state index is -3.46. The number of fused-ring (bicyclic) bond motifs is 1. The third-order valence-electron chi connectivity index (χ3n) is 4.44. The van der Waals surface area contributed by atoms with Crippen LogP contribution in [-0.2, 0) is 14.8 Å². The summed E-state index contributed by atoms with van der Waals surface area (Å²) in [6.07, 6.45) is 0.877. The number of benzene rings is 1. The number of esters is 1. The Bertz CT molecular complexity index is 901. The van der Waals surface area contributed by atoms with E-state index in [0.717, 1.165) is 0 Å². The number of nitrogens with zero attached hydrogens (tertiary/aromatic N) is 1. The Hall–Kier alpha value is -2.10. The predicted molar refractivity (Wildman–Crippen MR) is 94.0 cm³/mol. The van der Waals surface area contributed by atoms with Crippen LogP contribution in [0.15, 0.2) is 39.9 Å². The van der Waals surface area contributed by atoms with Crippen molar-refractivity contribution in [2.75, 3.05) is 19.9 Å². The SMILES string of the molecule is O=C(Oc1ccc2c(c1)OCO2)C1CCN(S(=O)(=O)c2cccs2)CC1. The Morgan fingerprint density at radius 3 is 2.65 bits per heavy atom. The fourth-order valence-corrected chi connectivity index (χ4v) is 5.62. The Balaban J connectivity index is 1.36. The lowest BCUT2D eigenvalue weighted by Crippen LogP contribution is -2.40. The van der Waals surface area contributed by atoms with E-state index in [9.17, 15) is 13.2 Å². The summed E-state index contributed by atoms with van der Waals surface area (Å²) in [6, 6.07) is 8.28. The van der Waals surface area contributed by atoms with Crippen molar-refractivity contribution in [1.29, 1.82) is 0 Å². The molecule has 0 spiro atoms. The van der Waals surface area contributed by atoms with E-state index in [4.69, 9.17) is 14.2 Å². The molecule has 1 aromatic carbocycles.